The van der Waals surface area contributed by atoms with Crippen molar-refractivity contribution in [2.24, 2.45) is 5.73 Å². The second kappa shape index (κ2) is 38.3. The molecule has 0 aromatic carbocycles. The first-order valence-electron chi connectivity index (χ1n) is 21.2. The van der Waals surface area contributed by atoms with Gasteiger partial charge in [0.1, 0.15) is 12.6 Å². The number of nitrogens with two attached hydrogens (primary N) is 1. The summed E-state index contributed by atoms with van der Waals surface area (Å²) in [5, 5.41) is 8.88. The molecule has 0 fully saturated rings. The number of rotatable bonds is 39. The largest absolute Gasteiger partial charge is 0.480 e. The van der Waals surface area contributed by atoms with E-state index in [-0.39, 0.29) is 19.4 Å². The monoisotopic (exact) mass is 798 g/mol. The van der Waals surface area contributed by atoms with E-state index in [0.29, 0.717) is 19.3 Å². The molecule has 0 spiro atoms. The Balaban J connectivity index is 4.48. The summed E-state index contributed by atoms with van der Waals surface area (Å²) < 4.78 is 32.6. The molecule has 0 radical (unpaired) electrons. The maximum Gasteiger partial charge on any atom is 0.472 e. The molecule has 0 rings (SSSR count). The van der Waals surface area contributed by atoms with Crippen LogP contribution in [-0.4, -0.2) is 59.9 Å². The summed E-state index contributed by atoms with van der Waals surface area (Å²) in [6.45, 7) is 2.71. The minimum atomic E-state index is -4.73. The summed E-state index contributed by atoms with van der Waals surface area (Å²) in [5.41, 5.74) is 5.32. The highest BCUT2D eigenvalue weighted by Gasteiger charge is 2.28. The summed E-state index contributed by atoms with van der Waals surface area (Å²) in [6, 6.07) is -1.53. The Labute approximate surface area is 333 Å². The van der Waals surface area contributed by atoms with Gasteiger partial charge in [0.15, 0.2) is 6.10 Å². The van der Waals surface area contributed by atoms with Gasteiger partial charge in [0, 0.05) is 12.8 Å². The molecule has 55 heavy (non-hydrogen) atoms. The van der Waals surface area contributed by atoms with E-state index in [0.717, 1.165) is 44.9 Å². The van der Waals surface area contributed by atoms with Crippen molar-refractivity contribution in [2.75, 3.05) is 19.8 Å². The van der Waals surface area contributed by atoms with Crippen molar-refractivity contribution in [3.8, 4) is 0 Å². The number of carbonyl (C=O) groups excluding carboxylic acids is 2. The van der Waals surface area contributed by atoms with Gasteiger partial charge in [-0.15, -0.1) is 0 Å². The van der Waals surface area contributed by atoms with Crippen LogP contribution in [0.2, 0.25) is 0 Å². The summed E-state index contributed by atoms with van der Waals surface area (Å²) in [4.78, 5) is 45.9. The second-order valence-electron chi connectivity index (χ2n) is 14.1. The van der Waals surface area contributed by atoms with E-state index in [9.17, 15) is 23.8 Å². The van der Waals surface area contributed by atoms with Crippen LogP contribution in [0.1, 0.15) is 174 Å². The Morgan fingerprint density at radius 1 is 0.564 bits per heavy atom. The number of phosphoric ester groups is 1. The van der Waals surface area contributed by atoms with Crippen molar-refractivity contribution in [3.05, 3.63) is 48.6 Å². The van der Waals surface area contributed by atoms with Gasteiger partial charge in [0.05, 0.1) is 13.2 Å². The van der Waals surface area contributed by atoms with Crippen LogP contribution in [0.15, 0.2) is 48.6 Å². The van der Waals surface area contributed by atoms with Crippen LogP contribution < -0.4 is 5.73 Å². The van der Waals surface area contributed by atoms with Gasteiger partial charge in [-0.3, -0.25) is 23.4 Å². The number of ether oxygens (including phenoxy) is 2. The summed E-state index contributed by atoms with van der Waals surface area (Å²) in [5.74, 6) is -2.45. The molecule has 0 amide bonds. The number of allylic oxidation sites excluding steroid dienone is 8. The molecule has 4 N–H and O–H groups in total. The van der Waals surface area contributed by atoms with Gasteiger partial charge in [-0.2, -0.15) is 0 Å². The Kier molecular flexibility index (Phi) is 36.5. The zero-order valence-corrected chi connectivity index (χ0v) is 35.2. The third-order valence-corrected chi connectivity index (χ3v) is 9.78. The molecular formula is C43H76NO10P. The molecule has 3 atom stereocenters. The average Bonchev–Trinajstić information content (AvgIpc) is 3.16. The number of carboxylic acids is 1. The lowest BCUT2D eigenvalue weighted by atomic mass is 10.0. The lowest BCUT2D eigenvalue weighted by Crippen LogP contribution is -2.34. The van der Waals surface area contributed by atoms with Crippen LogP contribution in [0.3, 0.4) is 0 Å². The maximum absolute atomic E-state index is 12.6. The highest BCUT2D eigenvalue weighted by molar-refractivity contribution is 7.47. The van der Waals surface area contributed by atoms with Gasteiger partial charge < -0.3 is 25.2 Å². The van der Waals surface area contributed by atoms with Gasteiger partial charge in [0.25, 0.3) is 0 Å². The molecule has 318 valence electrons. The van der Waals surface area contributed by atoms with Crippen molar-refractivity contribution in [2.45, 2.75) is 187 Å². The number of phosphoric acid groups is 1. The number of unbranched alkanes of at least 4 members (excludes halogenated alkanes) is 17. The Morgan fingerprint density at radius 3 is 1.49 bits per heavy atom. The predicted octanol–water partition coefficient (Wildman–Crippen LogP) is 11.0. The van der Waals surface area contributed by atoms with Gasteiger partial charge >= 0.3 is 25.7 Å². The SMILES string of the molecule is CCCCCC=CCC=CCC=CCC=CCCCC(=O)OC(COC(=O)CCCCCCCCCCCCCCCC)COP(=O)(O)OCC(N)C(=O)O. The van der Waals surface area contributed by atoms with E-state index < -0.39 is 51.1 Å². The van der Waals surface area contributed by atoms with Crippen LogP contribution in [0.4, 0.5) is 0 Å². The van der Waals surface area contributed by atoms with E-state index in [1.807, 2.05) is 12.2 Å². The molecule has 0 aliphatic carbocycles. The van der Waals surface area contributed by atoms with Crippen LogP contribution in [0.25, 0.3) is 0 Å². The van der Waals surface area contributed by atoms with Crippen molar-refractivity contribution in [1.29, 1.82) is 0 Å². The minimum absolute atomic E-state index is 0.0856. The maximum atomic E-state index is 12.6. The molecular weight excluding hydrogens is 721 g/mol. The standard InChI is InChI=1S/C43H76NO10P/c1-3-5-7-9-11-13-15-17-19-20-21-23-25-27-29-31-33-35-42(46)54-39(37-52-55(49,50)53-38-40(44)43(47)48)36-51-41(45)34-32-30-28-26-24-22-18-16-14-12-10-8-6-4-2/h11,13,17,19,21,23,27,29,39-40H,3-10,12,14-16,18,20,22,24-26,28,30-38,44H2,1-2H3,(H,47,48)(H,49,50). The molecule has 11 nitrogen and oxygen atoms in total. The number of hydrogen-bond donors (Lipinski definition) is 3. The van der Waals surface area contributed by atoms with Crippen LogP contribution in [-0.2, 0) is 37.5 Å². The summed E-state index contributed by atoms with van der Waals surface area (Å²) >= 11 is 0. The van der Waals surface area contributed by atoms with E-state index in [2.05, 4.69) is 54.8 Å². The molecule has 0 heterocycles. The lowest BCUT2D eigenvalue weighted by Gasteiger charge is -2.20. The van der Waals surface area contributed by atoms with Gasteiger partial charge in [-0.1, -0.05) is 159 Å². The van der Waals surface area contributed by atoms with Crippen molar-refractivity contribution in [3.63, 3.8) is 0 Å². The lowest BCUT2D eigenvalue weighted by molar-refractivity contribution is -0.161. The third-order valence-electron chi connectivity index (χ3n) is 8.83. The number of aliphatic carboxylic acids is 1. The summed E-state index contributed by atoms with van der Waals surface area (Å²) in [7, 11) is -4.73. The second-order valence-corrected chi connectivity index (χ2v) is 15.6. The minimum Gasteiger partial charge on any atom is -0.480 e. The number of esters is 2. The number of carboxylic acid groups (broad SMARTS) is 1. The highest BCUT2D eigenvalue weighted by Crippen LogP contribution is 2.43. The third kappa shape index (κ3) is 38.1. The van der Waals surface area contributed by atoms with Crippen LogP contribution in [0.5, 0.6) is 0 Å². The predicted molar refractivity (Wildman–Crippen MR) is 222 cm³/mol. The smallest absolute Gasteiger partial charge is 0.472 e. The average molecular weight is 798 g/mol. The molecule has 0 bridgehead atoms. The quantitative estimate of drug-likeness (QED) is 0.0234. The van der Waals surface area contributed by atoms with Crippen LogP contribution >= 0.6 is 7.82 Å². The van der Waals surface area contributed by atoms with Crippen molar-refractivity contribution >= 4 is 25.7 Å². The fourth-order valence-corrected chi connectivity index (χ4v) is 6.25. The topological polar surface area (TPSA) is 172 Å². The Morgan fingerprint density at radius 2 is 0.982 bits per heavy atom. The van der Waals surface area contributed by atoms with E-state index >= 15 is 0 Å². The Hall–Kier alpha value is -2.56. The van der Waals surface area contributed by atoms with Gasteiger partial charge in [-0.05, 0) is 51.4 Å². The highest BCUT2D eigenvalue weighted by atomic mass is 31.2. The van der Waals surface area contributed by atoms with E-state index in [1.54, 1.807) is 0 Å². The number of hydrogen-bond acceptors (Lipinski definition) is 9. The first kappa shape index (κ1) is 52.4. The molecule has 0 aliphatic heterocycles. The van der Waals surface area contributed by atoms with Gasteiger partial charge in [-0.25, -0.2) is 4.57 Å². The molecule has 0 aliphatic rings. The first-order chi connectivity index (χ1) is 26.6. The molecule has 0 aromatic heterocycles. The van der Waals surface area contributed by atoms with Crippen LogP contribution in [0, 0.1) is 0 Å². The van der Waals surface area contributed by atoms with E-state index in [1.165, 1.54) is 83.5 Å². The van der Waals surface area contributed by atoms with Gasteiger partial charge in [0.2, 0.25) is 0 Å². The molecule has 12 heteroatoms. The Bertz CT molecular complexity index is 1120. The van der Waals surface area contributed by atoms with E-state index in [4.69, 9.17) is 24.8 Å². The first-order valence-corrected chi connectivity index (χ1v) is 22.7. The summed E-state index contributed by atoms with van der Waals surface area (Å²) in [6.07, 6.45) is 41.8. The molecule has 3 unspecified atom stereocenters. The fraction of sp³-hybridized carbons (Fsp3) is 0.744. The molecule has 0 saturated heterocycles. The fourth-order valence-electron chi connectivity index (χ4n) is 5.47. The zero-order chi connectivity index (χ0) is 40.7. The number of carbonyl (C=O) groups is 3. The zero-order valence-electron chi connectivity index (χ0n) is 34.3. The molecule has 0 saturated carbocycles. The van der Waals surface area contributed by atoms with Crippen molar-refractivity contribution < 1.29 is 47.5 Å². The normalized spacial score (nSPS) is 14.3. The molecule has 0 aromatic rings. The van der Waals surface area contributed by atoms with Crippen molar-refractivity contribution in [1.82, 2.24) is 0 Å².